The van der Waals surface area contributed by atoms with E-state index in [0.29, 0.717) is 17.2 Å². The lowest BCUT2D eigenvalue weighted by Crippen LogP contribution is -2.16. The number of carbonyl (C=O) groups excluding carboxylic acids is 1. The molecule has 94 valence electrons. The molecule has 2 N–H and O–H groups in total. The van der Waals surface area contributed by atoms with Crippen LogP contribution in [0.1, 0.15) is 16.8 Å². The third-order valence-corrected chi connectivity index (χ3v) is 2.59. The topological polar surface area (TPSA) is 55.6 Å². The van der Waals surface area contributed by atoms with E-state index in [1.165, 1.54) is 0 Å². The number of nitrogen functional groups attached to an aromatic ring is 1. The molecule has 1 aromatic carbocycles. The number of halogens is 1. The van der Waals surface area contributed by atoms with Gasteiger partial charge in [0, 0.05) is 6.54 Å². The molecule has 0 aromatic heterocycles. The van der Waals surface area contributed by atoms with E-state index in [1.54, 1.807) is 18.2 Å². The second-order valence-electron chi connectivity index (χ2n) is 3.99. The van der Waals surface area contributed by atoms with Gasteiger partial charge in [0.1, 0.15) is 0 Å². The lowest BCUT2D eigenvalue weighted by Gasteiger charge is -2.10. The molecule has 0 aliphatic carbocycles. The molecule has 1 aromatic rings. The first-order valence-corrected chi connectivity index (χ1v) is 5.76. The van der Waals surface area contributed by atoms with Crippen LogP contribution in [0.3, 0.4) is 0 Å². The Labute approximate surface area is 106 Å². The predicted molar refractivity (Wildman–Crippen MR) is 69.3 cm³/mol. The number of anilines is 1. The Morgan fingerprint density at radius 2 is 2.18 bits per heavy atom. The maximum Gasteiger partial charge on any atom is 0.340 e. The number of ether oxygens (including phenoxy) is 1. The summed E-state index contributed by atoms with van der Waals surface area (Å²) in [5.41, 5.74) is 6.29. The minimum atomic E-state index is -0.427. The molecule has 0 saturated carbocycles. The molecule has 0 aliphatic rings. The van der Waals surface area contributed by atoms with Crippen LogP contribution < -0.4 is 5.73 Å². The Morgan fingerprint density at radius 1 is 1.47 bits per heavy atom. The number of benzene rings is 1. The summed E-state index contributed by atoms with van der Waals surface area (Å²) in [4.78, 5) is 13.7. The van der Waals surface area contributed by atoms with Gasteiger partial charge >= 0.3 is 5.97 Å². The second-order valence-corrected chi connectivity index (χ2v) is 4.40. The fourth-order valence-electron chi connectivity index (χ4n) is 1.34. The molecular formula is C12H17ClN2O2. The zero-order valence-corrected chi connectivity index (χ0v) is 10.8. The van der Waals surface area contributed by atoms with Crippen molar-refractivity contribution in [3.05, 3.63) is 28.8 Å². The molecule has 17 heavy (non-hydrogen) atoms. The Balaban J connectivity index is 2.50. The monoisotopic (exact) mass is 256 g/mol. The summed E-state index contributed by atoms with van der Waals surface area (Å²) < 4.78 is 5.11. The summed E-state index contributed by atoms with van der Waals surface area (Å²) in [6, 6.07) is 4.92. The summed E-state index contributed by atoms with van der Waals surface area (Å²) in [5, 5.41) is 0.368. The molecule has 0 atom stereocenters. The highest BCUT2D eigenvalue weighted by Gasteiger charge is 2.12. The van der Waals surface area contributed by atoms with E-state index in [2.05, 4.69) is 0 Å². The van der Waals surface area contributed by atoms with Crippen LogP contribution in [0.2, 0.25) is 5.02 Å². The number of carbonyl (C=O) groups is 1. The first kappa shape index (κ1) is 13.8. The van der Waals surface area contributed by atoms with Gasteiger partial charge in [0.2, 0.25) is 0 Å². The van der Waals surface area contributed by atoms with E-state index in [-0.39, 0.29) is 5.69 Å². The average molecular weight is 257 g/mol. The number of para-hydroxylation sites is 1. The standard InChI is InChI=1S/C12H17ClN2O2/c1-15(2)7-4-8-17-12(16)9-5-3-6-10(13)11(9)14/h3,5-6H,4,7-8,14H2,1-2H3. The van der Waals surface area contributed by atoms with Gasteiger partial charge in [0.25, 0.3) is 0 Å². The van der Waals surface area contributed by atoms with Crippen LogP contribution in [0, 0.1) is 0 Å². The SMILES string of the molecule is CN(C)CCCOC(=O)c1cccc(Cl)c1N. The lowest BCUT2D eigenvalue weighted by molar-refractivity contribution is 0.0494. The summed E-state index contributed by atoms with van der Waals surface area (Å²) in [5.74, 6) is -0.427. The number of nitrogens with zero attached hydrogens (tertiary/aromatic N) is 1. The van der Waals surface area contributed by atoms with Crippen LogP contribution in [-0.2, 0) is 4.74 Å². The minimum absolute atomic E-state index is 0.270. The number of esters is 1. The molecule has 0 radical (unpaired) electrons. The molecule has 0 bridgehead atoms. The highest BCUT2D eigenvalue weighted by molar-refractivity contribution is 6.33. The molecule has 0 aliphatic heterocycles. The molecule has 0 heterocycles. The summed E-state index contributed by atoms with van der Waals surface area (Å²) >= 11 is 5.82. The Morgan fingerprint density at radius 3 is 2.82 bits per heavy atom. The minimum Gasteiger partial charge on any atom is -0.462 e. The maximum atomic E-state index is 11.7. The lowest BCUT2D eigenvalue weighted by atomic mass is 10.2. The van der Waals surface area contributed by atoms with Crippen LogP contribution in [0.4, 0.5) is 5.69 Å². The zero-order valence-electron chi connectivity index (χ0n) is 10.1. The van der Waals surface area contributed by atoms with E-state index >= 15 is 0 Å². The number of rotatable bonds is 5. The molecule has 0 spiro atoms. The van der Waals surface area contributed by atoms with Gasteiger partial charge in [-0.15, -0.1) is 0 Å². The zero-order chi connectivity index (χ0) is 12.8. The maximum absolute atomic E-state index is 11.7. The number of hydrogen-bond donors (Lipinski definition) is 1. The van der Waals surface area contributed by atoms with Gasteiger partial charge in [-0.1, -0.05) is 17.7 Å². The van der Waals surface area contributed by atoms with Gasteiger partial charge in [-0.25, -0.2) is 4.79 Å². The molecule has 0 amide bonds. The highest BCUT2D eigenvalue weighted by atomic mass is 35.5. The van der Waals surface area contributed by atoms with Crippen molar-refractivity contribution in [3.8, 4) is 0 Å². The van der Waals surface area contributed by atoms with Crippen LogP contribution in [-0.4, -0.2) is 38.1 Å². The van der Waals surface area contributed by atoms with E-state index in [9.17, 15) is 4.79 Å². The number of nitrogens with two attached hydrogens (primary N) is 1. The molecule has 5 heteroatoms. The van der Waals surface area contributed by atoms with Crippen LogP contribution in [0.5, 0.6) is 0 Å². The first-order valence-electron chi connectivity index (χ1n) is 5.38. The smallest absolute Gasteiger partial charge is 0.340 e. The normalized spacial score (nSPS) is 10.6. The van der Waals surface area contributed by atoms with Crippen LogP contribution in [0.25, 0.3) is 0 Å². The van der Waals surface area contributed by atoms with E-state index in [4.69, 9.17) is 22.1 Å². The van der Waals surface area contributed by atoms with Crippen molar-refractivity contribution in [1.29, 1.82) is 0 Å². The molecule has 0 unspecified atom stereocenters. The Kier molecular flexibility index (Phi) is 5.25. The summed E-state index contributed by atoms with van der Waals surface area (Å²) in [6.07, 6.45) is 0.791. The largest absolute Gasteiger partial charge is 0.462 e. The first-order chi connectivity index (χ1) is 8.02. The second kappa shape index (κ2) is 6.47. The Bertz CT molecular complexity index is 394. The van der Waals surface area contributed by atoms with Crippen molar-refractivity contribution < 1.29 is 9.53 Å². The predicted octanol–water partition coefficient (Wildman–Crippen LogP) is 2.03. The van der Waals surface area contributed by atoms with Crippen molar-refractivity contribution in [1.82, 2.24) is 4.90 Å². The fraction of sp³-hybridized carbons (Fsp3) is 0.417. The molecular weight excluding hydrogens is 240 g/mol. The third-order valence-electron chi connectivity index (χ3n) is 2.26. The molecule has 4 nitrogen and oxygen atoms in total. The van der Waals surface area contributed by atoms with Gasteiger partial charge < -0.3 is 15.4 Å². The van der Waals surface area contributed by atoms with E-state index in [1.807, 2.05) is 19.0 Å². The average Bonchev–Trinajstić information content (AvgIpc) is 2.27. The van der Waals surface area contributed by atoms with E-state index in [0.717, 1.165) is 13.0 Å². The van der Waals surface area contributed by atoms with Crippen molar-refractivity contribution in [2.24, 2.45) is 0 Å². The quantitative estimate of drug-likeness (QED) is 0.498. The third kappa shape index (κ3) is 4.24. The highest BCUT2D eigenvalue weighted by Crippen LogP contribution is 2.22. The Hall–Kier alpha value is -1.26. The molecule has 0 fully saturated rings. The van der Waals surface area contributed by atoms with Crippen molar-refractivity contribution in [2.75, 3.05) is 33.0 Å². The summed E-state index contributed by atoms with van der Waals surface area (Å²) in [7, 11) is 3.94. The van der Waals surface area contributed by atoms with Gasteiger partial charge in [-0.05, 0) is 32.6 Å². The van der Waals surface area contributed by atoms with Crippen LogP contribution >= 0.6 is 11.6 Å². The number of hydrogen-bond acceptors (Lipinski definition) is 4. The van der Waals surface area contributed by atoms with Gasteiger partial charge in [0.05, 0.1) is 22.9 Å². The van der Waals surface area contributed by atoms with Gasteiger partial charge in [-0.3, -0.25) is 0 Å². The van der Waals surface area contributed by atoms with Crippen molar-refractivity contribution >= 4 is 23.3 Å². The fourth-order valence-corrected chi connectivity index (χ4v) is 1.51. The summed E-state index contributed by atoms with van der Waals surface area (Å²) in [6.45, 7) is 1.25. The van der Waals surface area contributed by atoms with Crippen LogP contribution in [0.15, 0.2) is 18.2 Å². The molecule has 0 saturated heterocycles. The molecule has 1 rings (SSSR count). The van der Waals surface area contributed by atoms with E-state index < -0.39 is 5.97 Å². The van der Waals surface area contributed by atoms with Gasteiger partial charge in [0.15, 0.2) is 0 Å². The van der Waals surface area contributed by atoms with Crippen molar-refractivity contribution in [2.45, 2.75) is 6.42 Å². The van der Waals surface area contributed by atoms with Crippen molar-refractivity contribution in [3.63, 3.8) is 0 Å². The van der Waals surface area contributed by atoms with Gasteiger partial charge in [-0.2, -0.15) is 0 Å².